The zero-order chi connectivity index (χ0) is 16.0. The second-order valence-electron chi connectivity index (χ2n) is 6.22. The molecule has 2 aliphatic heterocycles. The van der Waals surface area contributed by atoms with Gasteiger partial charge in [0.1, 0.15) is 0 Å². The van der Waals surface area contributed by atoms with E-state index in [2.05, 4.69) is 27.4 Å². The van der Waals surface area contributed by atoms with Crippen molar-refractivity contribution in [2.24, 2.45) is 10.9 Å². The Bertz CT molecular complexity index is 480. The number of nitrogens with one attached hydrogen (secondary N) is 2. The summed E-state index contributed by atoms with van der Waals surface area (Å²) in [5, 5.41) is 6.51. The number of guanidine groups is 1. The first-order chi connectivity index (χ1) is 10.5. The van der Waals surface area contributed by atoms with Crippen molar-refractivity contribution < 1.29 is 13.2 Å². The molecule has 9 heteroatoms. The van der Waals surface area contributed by atoms with Crippen molar-refractivity contribution in [2.45, 2.75) is 19.4 Å². The SMILES string of the molecule is CN=C(NCC(C)CN1CCOCC1)NC1CCS(=O)(=O)C1.I. The quantitative estimate of drug-likeness (QED) is 0.340. The monoisotopic (exact) mass is 460 g/mol. The molecule has 2 heterocycles. The minimum atomic E-state index is -2.86. The summed E-state index contributed by atoms with van der Waals surface area (Å²) in [6, 6.07) is -0.0225. The van der Waals surface area contributed by atoms with Crippen LogP contribution >= 0.6 is 24.0 Å². The van der Waals surface area contributed by atoms with Gasteiger partial charge in [0.05, 0.1) is 24.7 Å². The van der Waals surface area contributed by atoms with Gasteiger partial charge in [-0.05, 0) is 12.3 Å². The van der Waals surface area contributed by atoms with Gasteiger partial charge in [0.2, 0.25) is 0 Å². The maximum Gasteiger partial charge on any atom is 0.191 e. The van der Waals surface area contributed by atoms with Crippen molar-refractivity contribution in [3.63, 3.8) is 0 Å². The van der Waals surface area contributed by atoms with E-state index in [1.165, 1.54) is 0 Å². The minimum absolute atomic E-state index is 0. The molecule has 0 aromatic heterocycles. The van der Waals surface area contributed by atoms with E-state index in [4.69, 9.17) is 4.74 Å². The Balaban J connectivity index is 0.00000264. The maximum absolute atomic E-state index is 11.5. The normalized spacial score (nSPS) is 26.3. The summed E-state index contributed by atoms with van der Waals surface area (Å²) in [7, 11) is -1.15. The molecule has 0 radical (unpaired) electrons. The van der Waals surface area contributed by atoms with Crippen LogP contribution in [0, 0.1) is 5.92 Å². The zero-order valence-electron chi connectivity index (χ0n) is 14.0. The minimum Gasteiger partial charge on any atom is -0.379 e. The molecule has 2 saturated heterocycles. The van der Waals surface area contributed by atoms with Crippen LogP contribution in [0.3, 0.4) is 0 Å². The van der Waals surface area contributed by atoms with Crippen molar-refractivity contribution in [3.8, 4) is 0 Å². The van der Waals surface area contributed by atoms with E-state index >= 15 is 0 Å². The van der Waals surface area contributed by atoms with Crippen molar-refractivity contribution >= 4 is 39.8 Å². The number of rotatable bonds is 5. The lowest BCUT2D eigenvalue weighted by Gasteiger charge is -2.29. The van der Waals surface area contributed by atoms with Gasteiger partial charge in [-0.15, -0.1) is 24.0 Å². The van der Waals surface area contributed by atoms with E-state index in [-0.39, 0.29) is 41.5 Å². The molecule has 0 amide bonds. The number of ether oxygens (including phenoxy) is 1. The summed E-state index contributed by atoms with van der Waals surface area (Å²) in [5.41, 5.74) is 0. The number of sulfone groups is 1. The Morgan fingerprint density at radius 3 is 2.65 bits per heavy atom. The van der Waals surface area contributed by atoms with Gasteiger partial charge in [-0.3, -0.25) is 9.89 Å². The number of hydrogen-bond donors (Lipinski definition) is 2. The molecule has 2 aliphatic rings. The standard InChI is InChI=1S/C14H28N4O3S.HI/c1-12(10-18-4-6-21-7-5-18)9-16-14(15-2)17-13-3-8-22(19,20)11-13;/h12-13H,3-11H2,1-2H3,(H2,15,16,17);1H. The first kappa shape index (κ1) is 20.9. The molecule has 0 spiro atoms. The number of morpholine rings is 1. The fraction of sp³-hybridized carbons (Fsp3) is 0.929. The molecule has 0 aromatic carbocycles. The summed E-state index contributed by atoms with van der Waals surface area (Å²) >= 11 is 0. The lowest BCUT2D eigenvalue weighted by Crippen LogP contribution is -2.47. The van der Waals surface area contributed by atoms with Crippen LogP contribution in [-0.2, 0) is 14.6 Å². The molecule has 0 saturated carbocycles. The molecule has 2 fully saturated rings. The molecule has 0 aliphatic carbocycles. The average Bonchev–Trinajstić information content (AvgIpc) is 2.83. The van der Waals surface area contributed by atoms with Crippen LogP contribution in [0.25, 0.3) is 0 Å². The highest BCUT2D eigenvalue weighted by atomic mass is 127. The molecule has 23 heavy (non-hydrogen) atoms. The predicted octanol–water partition coefficient (Wildman–Crippen LogP) is -0.0752. The van der Waals surface area contributed by atoms with Crippen LogP contribution in [0.5, 0.6) is 0 Å². The third-order valence-corrected chi connectivity index (χ3v) is 5.86. The Hall–Kier alpha value is -0.130. The lowest BCUT2D eigenvalue weighted by atomic mass is 10.1. The molecular formula is C14H29IN4O3S. The Morgan fingerprint density at radius 1 is 1.39 bits per heavy atom. The van der Waals surface area contributed by atoms with Crippen LogP contribution in [0.2, 0.25) is 0 Å². The van der Waals surface area contributed by atoms with Gasteiger partial charge in [-0.25, -0.2) is 8.42 Å². The van der Waals surface area contributed by atoms with Gasteiger partial charge < -0.3 is 15.4 Å². The van der Waals surface area contributed by atoms with Gasteiger partial charge in [0, 0.05) is 39.3 Å². The molecule has 2 rings (SSSR count). The van der Waals surface area contributed by atoms with Crippen molar-refractivity contribution in [1.82, 2.24) is 15.5 Å². The van der Waals surface area contributed by atoms with Crippen LogP contribution < -0.4 is 10.6 Å². The van der Waals surface area contributed by atoms with Crippen molar-refractivity contribution in [3.05, 3.63) is 0 Å². The number of aliphatic imine (C=N–C) groups is 1. The van der Waals surface area contributed by atoms with Crippen LogP contribution in [-0.4, -0.2) is 83.3 Å². The molecule has 2 N–H and O–H groups in total. The van der Waals surface area contributed by atoms with E-state index in [1.54, 1.807) is 7.05 Å². The first-order valence-corrected chi connectivity index (χ1v) is 9.78. The van der Waals surface area contributed by atoms with Crippen LogP contribution in [0.1, 0.15) is 13.3 Å². The number of nitrogens with zero attached hydrogens (tertiary/aromatic N) is 2. The van der Waals surface area contributed by atoms with E-state index in [0.29, 0.717) is 18.3 Å². The van der Waals surface area contributed by atoms with Gasteiger partial charge in [0.25, 0.3) is 0 Å². The average molecular weight is 460 g/mol. The third kappa shape index (κ3) is 7.53. The van der Waals surface area contributed by atoms with Gasteiger partial charge in [0.15, 0.2) is 15.8 Å². The largest absolute Gasteiger partial charge is 0.379 e. The molecular weight excluding hydrogens is 431 g/mol. The Kier molecular flexibility index (Phi) is 9.09. The highest BCUT2D eigenvalue weighted by molar-refractivity contribution is 14.0. The predicted molar refractivity (Wildman–Crippen MR) is 103 cm³/mol. The third-order valence-electron chi connectivity index (χ3n) is 4.09. The van der Waals surface area contributed by atoms with Crippen LogP contribution in [0.15, 0.2) is 4.99 Å². The smallest absolute Gasteiger partial charge is 0.191 e. The molecule has 2 unspecified atom stereocenters. The Morgan fingerprint density at radius 2 is 2.09 bits per heavy atom. The van der Waals surface area contributed by atoms with E-state index in [0.717, 1.165) is 39.4 Å². The fourth-order valence-corrected chi connectivity index (χ4v) is 4.53. The van der Waals surface area contributed by atoms with Crippen LogP contribution in [0.4, 0.5) is 0 Å². The second kappa shape index (κ2) is 10.00. The molecule has 136 valence electrons. The Labute approximate surface area is 156 Å². The second-order valence-corrected chi connectivity index (χ2v) is 8.44. The lowest BCUT2D eigenvalue weighted by molar-refractivity contribution is 0.0320. The van der Waals surface area contributed by atoms with Crippen molar-refractivity contribution in [1.29, 1.82) is 0 Å². The van der Waals surface area contributed by atoms with Crippen molar-refractivity contribution in [2.75, 3.05) is 57.9 Å². The summed E-state index contributed by atoms with van der Waals surface area (Å²) in [5.74, 6) is 1.66. The maximum atomic E-state index is 11.5. The highest BCUT2D eigenvalue weighted by Gasteiger charge is 2.28. The first-order valence-electron chi connectivity index (χ1n) is 7.96. The molecule has 0 bridgehead atoms. The summed E-state index contributed by atoms with van der Waals surface area (Å²) in [4.78, 5) is 6.60. The number of halogens is 1. The summed E-state index contributed by atoms with van der Waals surface area (Å²) in [6.45, 7) is 7.69. The van der Waals surface area contributed by atoms with Gasteiger partial charge >= 0.3 is 0 Å². The van der Waals surface area contributed by atoms with E-state index < -0.39 is 9.84 Å². The topological polar surface area (TPSA) is 83.0 Å². The van der Waals surface area contributed by atoms with Gasteiger partial charge in [-0.2, -0.15) is 0 Å². The van der Waals surface area contributed by atoms with E-state index in [9.17, 15) is 8.42 Å². The fourth-order valence-electron chi connectivity index (χ4n) is 2.86. The van der Waals surface area contributed by atoms with E-state index in [1.807, 2.05) is 0 Å². The zero-order valence-corrected chi connectivity index (χ0v) is 17.1. The number of hydrogen-bond acceptors (Lipinski definition) is 5. The highest BCUT2D eigenvalue weighted by Crippen LogP contribution is 2.11. The summed E-state index contributed by atoms with van der Waals surface area (Å²) in [6.07, 6.45) is 0.659. The molecule has 2 atom stereocenters. The molecule has 0 aromatic rings. The molecule has 7 nitrogen and oxygen atoms in total. The summed E-state index contributed by atoms with van der Waals surface area (Å²) < 4.78 is 28.3. The van der Waals surface area contributed by atoms with Gasteiger partial charge in [-0.1, -0.05) is 6.92 Å².